The lowest BCUT2D eigenvalue weighted by Crippen LogP contribution is -1.96. The molecule has 33 heavy (non-hydrogen) atoms. The molecule has 1 heterocycles. The van der Waals surface area contributed by atoms with Crippen LogP contribution in [0.4, 0.5) is 0 Å². The fraction of sp³-hybridized carbons (Fsp3) is 0.207. The molecule has 4 nitrogen and oxygen atoms in total. The number of methoxy groups -OCH3 is 2. The Morgan fingerprint density at radius 3 is 1.73 bits per heavy atom. The van der Waals surface area contributed by atoms with Gasteiger partial charge in [0, 0.05) is 5.56 Å². The Hall–Kier alpha value is -3.79. The molecule has 0 fully saturated rings. The van der Waals surface area contributed by atoms with Crippen molar-refractivity contribution >= 4 is 0 Å². The molecule has 4 aromatic rings. The van der Waals surface area contributed by atoms with E-state index in [2.05, 4.69) is 19.1 Å². The largest absolute Gasteiger partial charge is 0.496 e. The molecule has 0 aliphatic carbocycles. The van der Waals surface area contributed by atoms with Crippen molar-refractivity contribution in [2.45, 2.75) is 19.8 Å². The van der Waals surface area contributed by atoms with Crippen LogP contribution in [0.15, 0.2) is 89.3 Å². The van der Waals surface area contributed by atoms with Crippen LogP contribution in [0.2, 0.25) is 0 Å². The summed E-state index contributed by atoms with van der Waals surface area (Å²) < 4.78 is 23.4. The zero-order valence-corrected chi connectivity index (χ0v) is 19.3. The van der Waals surface area contributed by atoms with Gasteiger partial charge in [-0.2, -0.15) is 0 Å². The number of benzene rings is 3. The van der Waals surface area contributed by atoms with E-state index >= 15 is 0 Å². The zero-order valence-electron chi connectivity index (χ0n) is 19.3. The smallest absolute Gasteiger partial charge is 0.365 e. The molecule has 0 radical (unpaired) electrons. The molecular weight excluding hydrogens is 412 g/mol. The molecular formula is C29H29O4+. The highest BCUT2D eigenvalue weighted by Crippen LogP contribution is 2.39. The van der Waals surface area contributed by atoms with E-state index in [0.29, 0.717) is 11.5 Å². The van der Waals surface area contributed by atoms with E-state index in [9.17, 15) is 0 Å². The maximum atomic E-state index is 6.40. The molecule has 0 atom stereocenters. The summed E-state index contributed by atoms with van der Waals surface area (Å²) in [6.45, 7) is 2.89. The van der Waals surface area contributed by atoms with E-state index in [0.717, 1.165) is 59.0 Å². The van der Waals surface area contributed by atoms with Crippen LogP contribution in [0, 0.1) is 0 Å². The second-order valence-electron chi connectivity index (χ2n) is 7.70. The fourth-order valence-electron chi connectivity index (χ4n) is 3.71. The molecule has 0 spiro atoms. The van der Waals surface area contributed by atoms with Gasteiger partial charge in [-0.3, -0.25) is 0 Å². The molecule has 168 valence electrons. The van der Waals surface area contributed by atoms with Gasteiger partial charge >= 0.3 is 11.5 Å². The van der Waals surface area contributed by atoms with Gasteiger partial charge in [0.1, 0.15) is 28.4 Å². The van der Waals surface area contributed by atoms with Gasteiger partial charge in [0.05, 0.1) is 33.0 Å². The maximum absolute atomic E-state index is 6.40. The van der Waals surface area contributed by atoms with Crippen LogP contribution in [0.1, 0.15) is 19.8 Å². The Morgan fingerprint density at radius 2 is 1.21 bits per heavy atom. The lowest BCUT2D eigenvalue weighted by Gasteiger charge is -2.08. The number of hydrogen-bond acceptors (Lipinski definition) is 3. The molecule has 0 saturated heterocycles. The molecule has 0 bridgehead atoms. The predicted octanol–water partition coefficient (Wildman–Crippen LogP) is 7.76. The van der Waals surface area contributed by atoms with Gasteiger partial charge in [-0.15, -0.1) is 0 Å². The molecule has 4 heteroatoms. The number of hydrogen-bond donors (Lipinski definition) is 0. The number of ether oxygens (including phenoxy) is 3. The van der Waals surface area contributed by atoms with Crippen molar-refractivity contribution in [3.8, 4) is 51.0 Å². The number of rotatable bonds is 9. The van der Waals surface area contributed by atoms with Crippen molar-refractivity contribution in [1.29, 1.82) is 0 Å². The van der Waals surface area contributed by atoms with Crippen molar-refractivity contribution < 1.29 is 18.6 Å². The van der Waals surface area contributed by atoms with Gasteiger partial charge < -0.3 is 14.2 Å². The highest BCUT2D eigenvalue weighted by Gasteiger charge is 2.25. The highest BCUT2D eigenvalue weighted by atomic mass is 16.5. The maximum Gasteiger partial charge on any atom is 0.365 e. The second kappa shape index (κ2) is 10.7. The third-order valence-electron chi connectivity index (χ3n) is 5.49. The molecule has 0 aliphatic heterocycles. The Labute approximate surface area is 195 Å². The summed E-state index contributed by atoms with van der Waals surface area (Å²) in [5, 5.41) is 0. The van der Waals surface area contributed by atoms with Gasteiger partial charge in [-0.25, -0.2) is 4.42 Å². The summed E-state index contributed by atoms with van der Waals surface area (Å²) in [6, 6.07) is 28.0. The summed E-state index contributed by atoms with van der Waals surface area (Å²) in [5.74, 6) is 3.82. The monoisotopic (exact) mass is 441 g/mol. The van der Waals surface area contributed by atoms with E-state index in [-0.39, 0.29) is 0 Å². The van der Waals surface area contributed by atoms with Gasteiger partial charge in [0.15, 0.2) is 0 Å². The number of unbranched alkanes of at least 4 members (excludes halogenated alkanes) is 1. The third-order valence-corrected chi connectivity index (χ3v) is 5.49. The first-order valence-corrected chi connectivity index (χ1v) is 11.2. The first-order chi connectivity index (χ1) is 16.2. The van der Waals surface area contributed by atoms with Crippen LogP contribution in [-0.2, 0) is 0 Å². The summed E-state index contributed by atoms with van der Waals surface area (Å²) >= 11 is 0. The Bertz CT molecular complexity index is 1130. The summed E-state index contributed by atoms with van der Waals surface area (Å²) in [6.07, 6.45) is 2.16. The van der Waals surface area contributed by atoms with E-state index in [4.69, 9.17) is 18.6 Å². The standard InChI is InChI=1S/C29H29O4/c1-4-5-18-32-23-16-14-21(15-17-23)22-19-28(24-10-6-8-12-26(24)30-2)33-29(20-22)25-11-7-9-13-27(25)31-3/h6-17,19-20H,4-5,18H2,1-3H3/q+1. The number of para-hydroxylation sites is 2. The minimum absolute atomic E-state index is 0.717. The predicted molar refractivity (Wildman–Crippen MR) is 133 cm³/mol. The molecule has 0 aliphatic rings. The molecule has 3 aromatic carbocycles. The highest BCUT2D eigenvalue weighted by molar-refractivity contribution is 5.78. The SMILES string of the molecule is CCCCOc1ccc(-c2cc(-c3ccccc3OC)[o+]c(-c3ccccc3OC)c2)cc1. The summed E-state index contributed by atoms with van der Waals surface area (Å²) in [4.78, 5) is 0. The molecule has 4 rings (SSSR count). The topological polar surface area (TPSA) is 39.0 Å². The Kier molecular flexibility index (Phi) is 7.26. The molecule has 0 amide bonds. The van der Waals surface area contributed by atoms with Gasteiger partial charge in [0.2, 0.25) is 0 Å². The zero-order chi connectivity index (χ0) is 23.0. The first-order valence-electron chi connectivity index (χ1n) is 11.2. The minimum Gasteiger partial charge on any atom is -0.496 e. The van der Waals surface area contributed by atoms with Crippen molar-refractivity contribution in [2.24, 2.45) is 0 Å². The second-order valence-corrected chi connectivity index (χ2v) is 7.70. The average Bonchev–Trinajstić information content (AvgIpc) is 2.89. The first kappa shape index (κ1) is 22.4. The third kappa shape index (κ3) is 5.17. The van der Waals surface area contributed by atoms with Crippen molar-refractivity contribution in [1.82, 2.24) is 0 Å². The quantitative estimate of drug-likeness (QED) is 0.197. The van der Waals surface area contributed by atoms with Gasteiger partial charge in [0.25, 0.3) is 0 Å². The summed E-state index contributed by atoms with van der Waals surface area (Å²) in [7, 11) is 3.34. The van der Waals surface area contributed by atoms with Crippen LogP contribution in [0.5, 0.6) is 17.2 Å². The lowest BCUT2D eigenvalue weighted by molar-refractivity contribution is 0.309. The normalized spacial score (nSPS) is 10.6. The Balaban J connectivity index is 1.81. The molecule has 0 saturated carbocycles. The van der Waals surface area contributed by atoms with E-state index in [1.54, 1.807) is 14.2 Å². The Morgan fingerprint density at radius 1 is 0.667 bits per heavy atom. The van der Waals surface area contributed by atoms with Gasteiger partial charge in [-0.05, 0) is 48.4 Å². The van der Waals surface area contributed by atoms with Crippen LogP contribution in [0.25, 0.3) is 33.8 Å². The van der Waals surface area contributed by atoms with Crippen molar-refractivity contribution in [3.05, 3.63) is 84.9 Å². The van der Waals surface area contributed by atoms with Crippen LogP contribution >= 0.6 is 0 Å². The van der Waals surface area contributed by atoms with Gasteiger partial charge in [-0.1, -0.05) is 49.7 Å². The van der Waals surface area contributed by atoms with Crippen molar-refractivity contribution in [3.63, 3.8) is 0 Å². The van der Waals surface area contributed by atoms with Crippen LogP contribution in [-0.4, -0.2) is 20.8 Å². The molecule has 0 unspecified atom stereocenters. The van der Waals surface area contributed by atoms with Crippen LogP contribution < -0.4 is 14.2 Å². The van der Waals surface area contributed by atoms with E-state index in [1.165, 1.54) is 0 Å². The summed E-state index contributed by atoms with van der Waals surface area (Å²) in [5.41, 5.74) is 3.87. The molecule has 1 aromatic heterocycles. The fourth-order valence-corrected chi connectivity index (χ4v) is 3.71. The van der Waals surface area contributed by atoms with E-state index < -0.39 is 0 Å². The van der Waals surface area contributed by atoms with Crippen molar-refractivity contribution in [2.75, 3.05) is 20.8 Å². The van der Waals surface area contributed by atoms with E-state index in [1.807, 2.05) is 72.8 Å². The molecule has 0 N–H and O–H groups in total. The minimum atomic E-state index is 0.717. The average molecular weight is 442 g/mol. The lowest BCUT2D eigenvalue weighted by atomic mass is 10.0. The van der Waals surface area contributed by atoms with Crippen LogP contribution in [0.3, 0.4) is 0 Å².